The number of nitrogens with one attached hydrogen (secondary N) is 1. The van der Waals surface area contributed by atoms with Gasteiger partial charge in [-0.15, -0.1) is 0 Å². The summed E-state index contributed by atoms with van der Waals surface area (Å²) in [6, 6.07) is -0.424. The van der Waals surface area contributed by atoms with Gasteiger partial charge in [0.05, 0.1) is 6.04 Å². The summed E-state index contributed by atoms with van der Waals surface area (Å²) in [7, 11) is 0. The largest absolute Gasteiger partial charge is 0.396 e. The van der Waals surface area contributed by atoms with E-state index in [0.29, 0.717) is 45.3 Å². The van der Waals surface area contributed by atoms with Crippen molar-refractivity contribution in [3.8, 4) is 0 Å². The number of hydrogen-bond donors (Lipinski definition) is 3. The summed E-state index contributed by atoms with van der Waals surface area (Å²) in [5.41, 5.74) is 5.90. The van der Waals surface area contributed by atoms with Gasteiger partial charge in [0.15, 0.2) is 0 Å². The molecule has 0 radical (unpaired) electrons. The van der Waals surface area contributed by atoms with Crippen molar-refractivity contribution in [1.82, 2.24) is 10.2 Å². The first-order chi connectivity index (χ1) is 10.1. The highest BCUT2D eigenvalue weighted by molar-refractivity contribution is 7.98. The van der Waals surface area contributed by atoms with Gasteiger partial charge in [-0.3, -0.25) is 9.59 Å². The molecule has 1 atom stereocenters. The van der Waals surface area contributed by atoms with Crippen LogP contribution < -0.4 is 11.1 Å². The maximum absolute atomic E-state index is 12.2. The molecule has 1 rings (SSSR count). The topological polar surface area (TPSA) is 95.7 Å². The van der Waals surface area contributed by atoms with Gasteiger partial charge >= 0.3 is 0 Å². The summed E-state index contributed by atoms with van der Waals surface area (Å²) in [6.07, 6.45) is 4.64. The second-order valence-corrected chi connectivity index (χ2v) is 6.34. The molecule has 7 heteroatoms. The van der Waals surface area contributed by atoms with Gasteiger partial charge in [-0.25, -0.2) is 0 Å². The molecule has 0 aliphatic carbocycles. The van der Waals surface area contributed by atoms with Gasteiger partial charge in [-0.2, -0.15) is 11.8 Å². The fourth-order valence-corrected chi connectivity index (χ4v) is 2.89. The van der Waals surface area contributed by atoms with Crippen LogP contribution in [0.2, 0.25) is 0 Å². The minimum atomic E-state index is -0.424. The monoisotopic (exact) mass is 317 g/mol. The van der Waals surface area contributed by atoms with Gasteiger partial charge in [-0.05, 0) is 37.7 Å². The van der Waals surface area contributed by atoms with Crippen LogP contribution in [0.15, 0.2) is 0 Å². The number of carbonyl (C=O) groups excluding carboxylic acids is 2. The number of thioether (sulfide) groups is 1. The first-order valence-electron chi connectivity index (χ1n) is 7.52. The molecule has 0 spiro atoms. The summed E-state index contributed by atoms with van der Waals surface area (Å²) < 4.78 is 0. The third-order valence-electron chi connectivity index (χ3n) is 3.76. The van der Waals surface area contributed by atoms with Gasteiger partial charge < -0.3 is 21.1 Å². The van der Waals surface area contributed by atoms with Crippen LogP contribution in [0.1, 0.15) is 25.7 Å². The molecule has 1 heterocycles. The zero-order chi connectivity index (χ0) is 15.7. The lowest BCUT2D eigenvalue weighted by molar-refractivity contribution is -0.136. The summed E-state index contributed by atoms with van der Waals surface area (Å²) in [4.78, 5) is 25.8. The molecule has 21 heavy (non-hydrogen) atoms. The number of amides is 2. The van der Waals surface area contributed by atoms with Crippen LogP contribution in [0.25, 0.3) is 0 Å². The Balaban J connectivity index is 2.31. The molecule has 0 bridgehead atoms. The van der Waals surface area contributed by atoms with Crippen molar-refractivity contribution in [2.24, 2.45) is 11.7 Å². The second-order valence-electron chi connectivity index (χ2n) is 5.36. The Hall–Kier alpha value is -0.790. The third kappa shape index (κ3) is 6.23. The normalized spacial score (nSPS) is 17.6. The Labute approximate surface area is 130 Å². The molecule has 1 aliphatic heterocycles. The average Bonchev–Trinajstić information content (AvgIpc) is 2.52. The zero-order valence-corrected chi connectivity index (χ0v) is 13.5. The van der Waals surface area contributed by atoms with E-state index in [1.54, 1.807) is 16.7 Å². The number of carbonyl (C=O) groups is 2. The first kappa shape index (κ1) is 18.3. The zero-order valence-electron chi connectivity index (χ0n) is 12.7. The van der Waals surface area contributed by atoms with E-state index in [0.717, 1.165) is 5.75 Å². The molecule has 6 nitrogen and oxygen atoms in total. The van der Waals surface area contributed by atoms with Crippen molar-refractivity contribution in [3.05, 3.63) is 0 Å². The molecule has 4 N–H and O–H groups in total. The molecule has 1 fully saturated rings. The fourth-order valence-electron chi connectivity index (χ4n) is 2.40. The SMILES string of the molecule is CSCC[C@H](N)C(=O)N1CCC(C(=O)NCCCO)CC1. The molecule has 0 saturated carbocycles. The van der Waals surface area contributed by atoms with Crippen molar-refractivity contribution >= 4 is 23.6 Å². The van der Waals surface area contributed by atoms with Gasteiger partial charge in [-0.1, -0.05) is 0 Å². The van der Waals surface area contributed by atoms with E-state index in [2.05, 4.69) is 5.32 Å². The van der Waals surface area contributed by atoms with Crippen LogP contribution in [-0.2, 0) is 9.59 Å². The standard InChI is InChI=1S/C14H27N3O3S/c1-21-10-5-12(15)14(20)17-7-3-11(4-8-17)13(19)16-6-2-9-18/h11-12,18H,2-10,15H2,1H3,(H,16,19)/t12-/m0/s1. The fraction of sp³-hybridized carbons (Fsp3) is 0.857. The number of hydrogen-bond acceptors (Lipinski definition) is 5. The molecular formula is C14H27N3O3S. The molecule has 0 unspecified atom stereocenters. The highest BCUT2D eigenvalue weighted by Gasteiger charge is 2.29. The minimum Gasteiger partial charge on any atom is -0.396 e. The Morgan fingerprint density at radius 2 is 2.10 bits per heavy atom. The Morgan fingerprint density at radius 3 is 2.67 bits per heavy atom. The van der Waals surface area contributed by atoms with Crippen LogP contribution in [0, 0.1) is 5.92 Å². The summed E-state index contributed by atoms with van der Waals surface area (Å²) in [6.45, 7) is 1.79. The number of aliphatic hydroxyl groups excluding tert-OH is 1. The number of rotatable bonds is 8. The number of piperidine rings is 1. The van der Waals surface area contributed by atoms with Crippen LogP contribution >= 0.6 is 11.8 Å². The lowest BCUT2D eigenvalue weighted by Crippen LogP contribution is -2.49. The summed E-state index contributed by atoms with van der Waals surface area (Å²) in [5.74, 6) is 0.886. The molecule has 122 valence electrons. The lowest BCUT2D eigenvalue weighted by atomic mass is 9.95. The van der Waals surface area contributed by atoms with Gasteiger partial charge in [0.2, 0.25) is 11.8 Å². The number of aliphatic hydroxyl groups is 1. The lowest BCUT2D eigenvalue weighted by Gasteiger charge is -2.33. The smallest absolute Gasteiger partial charge is 0.239 e. The summed E-state index contributed by atoms with van der Waals surface area (Å²) >= 11 is 1.69. The van der Waals surface area contributed by atoms with Crippen molar-refractivity contribution < 1.29 is 14.7 Å². The van der Waals surface area contributed by atoms with E-state index in [4.69, 9.17) is 10.8 Å². The average molecular weight is 317 g/mol. The Kier molecular flexibility index (Phi) is 8.72. The van der Waals surface area contributed by atoms with Crippen molar-refractivity contribution in [1.29, 1.82) is 0 Å². The van der Waals surface area contributed by atoms with E-state index in [1.165, 1.54) is 0 Å². The molecule has 0 aromatic heterocycles. The number of nitrogens with two attached hydrogens (primary N) is 1. The maximum Gasteiger partial charge on any atom is 0.239 e. The van der Waals surface area contributed by atoms with E-state index in [-0.39, 0.29) is 24.3 Å². The Bertz CT molecular complexity index is 333. The van der Waals surface area contributed by atoms with Crippen molar-refractivity contribution in [2.45, 2.75) is 31.7 Å². The highest BCUT2D eigenvalue weighted by Crippen LogP contribution is 2.18. The van der Waals surface area contributed by atoms with E-state index in [1.807, 2.05) is 6.26 Å². The number of likely N-dealkylation sites (tertiary alicyclic amines) is 1. The van der Waals surface area contributed by atoms with Crippen LogP contribution in [0.5, 0.6) is 0 Å². The minimum absolute atomic E-state index is 0.00295. The molecule has 0 aromatic rings. The first-order valence-corrected chi connectivity index (χ1v) is 8.91. The molecule has 2 amide bonds. The quantitative estimate of drug-likeness (QED) is 0.539. The molecule has 1 aliphatic rings. The van der Waals surface area contributed by atoms with E-state index in [9.17, 15) is 9.59 Å². The van der Waals surface area contributed by atoms with Crippen molar-refractivity contribution in [2.75, 3.05) is 38.2 Å². The van der Waals surface area contributed by atoms with Gasteiger partial charge in [0.25, 0.3) is 0 Å². The predicted octanol–water partition coefficient (Wildman–Crippen LogP) is -0.196. The third-order valence-corrected chi connectivity index (χ3v) is 4.41. The van der Waals surface area contributed by atoms with Crippen LogP contribution in [0.3, 0.4) is 0 Å². The molecular weight excluding hydrogens is 290 g/mol. The van der Waals surface area contributed by atoms with E-state index < -0.39 is 6.04 Å². The van der Waals surface area contributed by atoms with E-state index >= 15 is 0 Å². The predicted molar refractivity (Wildman–Crippen MR) is 85.0 cm³/mol. The van der Waals surface area contributed by atoms with Crippen LogP contribution in [-0.4, -0.2) is 66.1 Å². The Morgan fingerprint density at radius 1 is 1.43 bits per heavy atom. The van der Waals surface area contributed by atoms with Crippen molar-refractivity contribution in [3.63, 3.8) is 0 Å². The van der Waals surface area contributed by atoms with Gasteiger partial charge in [0.1, 0.15) is 0 Å². The van der Waals surface area contributed by atoms with Crippen LogP contribution in [0.4, 0.5) is 0 Å². The second kappa shape index (κ2) is 10.0. The molecule has 1 saturated heterocycles. The number of nitrogens with zero attached hydrogens (tertiary/aromatic N) is 1. The van der Waals surface area contributed by atoms with Gasteiger partial charge in [0, 0.05) is 32.2 Å². The summed E-state index contributed by atoms with van der Waals surface area (Å²) in [5, 5.41) is 11.5. The maximum atomic E-state index is 12.2. The molecule has 0 aromatic carbocycles. The highest BCUT2D eigenvalue weighted by atomic mass is 32.2.